The molecule has 0 aromatic carbocycles. The van der Waals surface area contributed by atoms with Gasteiger partial charge in [-0.3, -0.25) is 0 Å². The molecule has 4 heteroatoms. The number of carbonyl (C=O) groups is 2. The third-order valence-corrected chi connectivity index (χ3v) is 2.40. The van der Waals surface area contributed by atoms with Crippen LogP contribution in [0.1, 0.15) is 46.5 Å². The zero-order valence-electron chi connectivity index (χ0n) is 11.4. The van der Waals surface area contributed by atoms with Gasteiger partial charge in [0.05, 0.1) is 6.10 Å². The average Bonchev–Trinajstić information content (AvgIpc) is 2.28. The normalized spacial score (nSPS) is 13.0. The molecule has 0 saturated heterocycles. The molecular formula is C14H22O4. The summed E-state index contributed by atoms with van der Waals surface area (Å²) in [5.41, 5.74) is 0.397. The van der Waals surface area contributed by atoms with Gasteiger partial charge in [-0.05, 0) is 26.3 Å². The average molecular weight is 254 g/mol. The number of hydrogen-bond acceptors (Lipinski definition) is 4. The molecule has 0 aromatic heterocycles. The van der Waals surface area contributed by atoms with Crippen molar-refractivity contribution in [2.24, 2.45) is 0 Å². The Hall–Kier alpha value is -1.42. The Morgan fingerprint density at radius 3 is 2.39 bits per heavy atom. The highest BCUT2D eigenvalue weighted by molar-refractivity contribution is 6.01. The lowest BCUT2D eigenvalue weighted by atomic mass is 10.1. The van der Waals surface area contributed by atoms with Crippen LogP contribution < -0.4 is 0 Å². The zero-order valence-corrected chi connectivity index (χ0v) is 11.4. The molecule has 0 amide bonds. The summed E-state index contributed by atoms with van der Waals surface area (Å²) in [6, 6.07) is 0. The van der Waals surface area contributed by atoms with Crippen LogP contribution in [0.2, 0.25) is 0 Å². The quantitative estimate of drug-likeness (QED) is 0.328. The van der Waals surface area contributed by atoms with E-state index in [2.05, 4.69) is 18.2 Å². The van der Waals surface area contributed by atoms with Gasteiger partial charge in [0.25, 0.3) is 0 Å². The highest BCUT2D eigenvalue weighted by atomic mass is 16.6. The van der Waals surface area contributed by atoms with Gasteiger partial charge < -0.3 is 9.84 Å². The van der Waals surface area contributed by atoms with Crippen molar-refractivity contribution in [3.05, 3.63) is 23.8 Å². The van der Waals surface area contributed by atoms with E-state index >= 15 is 0 Å². The Morgan fingerprint density at radius 1 is 1.28 bits per heavy atom. The standard InChI is InChI=1S/C14H22O4/c1-5-6-7-8-12(15)9-11(4)14(17)18-13(16)10(2)3/h9,12,15H,2,5-8H2,1,3-4H3. The van der Waals surface area contributed by atoms with Crippen LogP contribution in [-0.4, -0.2) is 23.1 Å². The number of unbranched alkanes of at least 4 members (excludes halogenated alkanes) is 2. The second kappa shape index (κ2) is 8.64. The summed E-state index contributed by atoms with van der Waals surface area (Å²) in [4.78, 5) is 22.6. The molecule has 0 rings (SSSR count). The summed E-state index contributed by atoms with van der Waals surface area (Å²) in [6.45, 7) is 8.44. The first-order valence-electron chi connectivity index (χ1n) is 6.17. The topological polar surface area (TPSA) is 63.6 Å². The Labute approximate surface area is 108 Å². The first kappa shape index (κ1) is 16.6. The number of carbonyl (C=O) groups excluding carboxylic acids is 2. The van der Waals surface area contributed by atoms with Gasteiger partial charge in [-0.2, -0.15) is 0 Å². The van der Waals surface area contributed by atoms with Gasteiger partial charge in [0.15, 0.2) is 0 Å². The van der Waals surface area contributed by atoms with Gasteiger partial charge in [0, 0.05) is 11.1 Å². The number of hydrogen-bond donors (Lipinski definition) is 1. The molecular weight excluding hydrogens is 232 g/mol. The van der Waals surface area contributed by atoms with Gasteiger partial charge >= 0.3 is 11.9 Å². The third-order valence-electron chi connectivity index (χ3n) is 2.40. The van der Waals surface area contributed by atoms with E-state index in [0.717, 1.165) is 19.3 Å². The van der Waals surface area contributed by atoms with E-state index in [1.54, 1.807) is 0 Å². The molecule has 0 aliphatic heterocycles. The van der Waals surface area contributed by atoms with Crippen molar-refractivity contribution in [3.63, 3.8) is 0 Å². The van der Waals surface area contributed by atoms with E-state index in [1.807, 2.05) is 0 Å². The predicted octanol–water partition coefficient (Wildman–Crippen LogP) is 2.52. The molecule has 0 heterocycles. The minimum absolute atomic E-state index is 0.166. The van der Waals surface area contributed by atoms with Crippen LogP contribution in [0.3, 0.4) is 0 Å². The first-order valence-corrected chi connectivity index (χ1v) is 6.17. The lowest BCUT2D eigenvalue weighted by molar-refractivity contribution is -0.154. The van der Waals surface area contributed by atoms with Crippen molar-refractivity contribution >= 4 is 11.9 Å². The second-order valence-electron chi connectivity index (χ2n) is 4.37. The van der Waals surface area contributed by atoms with Crippen LogP contribution in [0.4, 0.5) is 0 Å². The number of aliphatic hydroxyl groups is 1. The van der Waals surface area contributed by atoms with E-state index in [4.69, 9.17) is 0 Å². The molecule has 102 valence electrons. The van der Waals surface area contributed by atoms with E-state index < -0.39 is 18.0 Å². The summed E-state index contributed by atoms with van der Waals surface area (Å²) in [7, 11) is 0. The summed E-state index contributed by atoms with van der Waals surface area (Å²) >= 11 is 0. The molecule has 0 saturated carbocycles. The largest absolute Gasteiger partial charge is 0.389 e. The molecule has 1 unspecified atom stereocenters. The zero-order chi connectivity index (χ0) is 14.1. The number of aliphatic hydroxyl groups excluding tert-OH is 1. The van der Waals surface area contributed by atoms with Crippen LogP contribution in [0, 0.1) is 0 Å². The Bertz CT molecular complexity index is 342. The van der Waals surface area contributed by atoms with Crippen molar-refractivity contribution in [2.45, 2.75) is 52.6 Å². The van der Waals surface area contributed by atoms with Crippen molar-refractivity contribution in [1.82, 2.24) is 0 Å². The maximum atomic E-state index is 11.5. The van der Waals surface area contributed by atoms with E-state index in [0.29, 0.717) is 6.42 Å². The fourth-order valence-corrected chi connectivity index (χ4v) is 1.30. The fourth-order valence-electron chi connectivity index (χ4n) is 1.30. The van der Waals surface area contributed by atoms with Gasteiger partial charge in [-0.25, -0.2) is 9.59 Å². The van der Waals surface area contributed by atoms with Gasteiger partial charge in [0.1, 0.15) is 0 Å². The van der Waals surface area contributed by atoms with E-state index in [-0.39, 0.29) is 11.1 Å². The Kier molecular flexibility index (Phi) is 7.96. The van der Waals surface area contributed by atoms with E-state index in [9.17, 15) is 14.7 Å². The summed E-state index contributed by atoms with van der Waals surface area (Å²) in [5, 5.41) is 9.65. The van der Waals surface area contributed by atoms with Crippen molar-refractivity contribution in [2.75, 3.05) is 0 Å². The second-order valence-corrected chi connectivity index (χ2v) is 4.37. The minimum Gasteiger partial charge on any atom is -0.389 e. The summed E-state index contributed by atoms with van der Waals surface area (Å²) < 4.78 is 4.54. The maximum absolute atomic E-state index is 11.5. The number of ether oxygens (including phenoxy) is 1. The molecule has 0 radical (unpaired) electrons. The summed E-state index contributed by atoms with van der Waals surface area (Å²) in [6.07, 6.45) is 4.37. The van der Waals surface area contributed by atoms with Crippen LogP contribution in [0.5, 0.6) is 0 Å². The van der Waals surface area contributed by atoms with Gasteiger partial charge in [-0.1, -0.05) is 32.8 Å². The van der Waals surface area contributed by atoms with Gasteiger partial charge in [0.2, 0.25) is 0 Å². The van der Waals surface area contributed by atoms with Crippen LogP contribution in [-0.2, 0) is 14.3 Å². The van der Waals surface area contributed by atoms with Gasteiger partial charge in [-0.15, -0.1) is 0 Å². The fraction of sp³-hybridized carbons (Fsp3) is 0.571. The van der Waals surface area contributed by atoms with Crippen LogP contribution in [0.25, 0.3) is 0 Å². The molecule has 18 heavy (non-hydrogen) atoms. The van der Waals surface area contributed by atoms with Crippen molar-refractivity contribution in [1.29, 1.82) is 0 Å². The molecule has 1 N–H and O–H groups in total. The first-order chi connectivity index (χ1) is 8.38. The lowest BCUT2D eigenvalue weighted by Crippen LogP contribution is -2.15. The Balaban J connectivity index is 4.26. The highest BCUT2D eigenvalue weighted by Gasteiger charge is 2.13. The lowest BCUT2D eigenvalue weighted by Gasteiger charge is -2.07. The molecule has 0 aromatic rings. The third kappa shape index (κ3) is 7.01. The van der Waals surface area contributed by atoms with Crippen molar-refractivity contribution in [3.8, 4) is 0 Å². The molecule has 0 spiro atoms. The smallest absolute Gasteiger partial charge is 0.341 e. The minimum atomic E-state index is -0.742. The molecule has 0 bridgehead atoms. The van der Waals surface area contributed by atoms with E-state index in [1.165, 1.54) is 19.9 Å². The highest BCUT2D eigenvalue weighted by Crippen LogP contribution is 2.08. The Morgan fingerprint density at radius 2 is 1.89 bits per heavy atom. The molecule has 0 fully saturated rings. The maximum Gasteiger partial charge on any atom is 0.341 e. The molecule has 0 aliphatic carbocycles. The summed E-state index contributed by atoms with van der Waals surface area (Å²) in [5.74, 6) is -1.48. The number of esters is 2. The molecule has 1 atom stereocenters. The molecule has 4 nitrogen and oxygen atoms in total. The van der Waals surface area contributed by atoms with Crippen LogP contribution in [0.15, 0.2) is 23.8 Å². The monoisotopic (exact) mass is 254 g/mol. The SMILES string of the molecule is C=C(C)C(=O)OC(=O)C(C)=CC(O)CCCCC. The van der Waals surface area contributed by atoms with Crippen LogP contribution >= 0.6 is 0 Å². The van der Waals surface area contributed by atoms with Crippen molar-refractivity contribution < 1.29 is 19.4 Å². The predicted molar refractivity (Wildman–Crippen MR) is 69.8 cm³/mol. The molecule has 0 aliphatic rings. The number of rotatable bonds is 7.